The Kier molecular flexibility index (Phi) is 5.03. The minimum atomic E-state index is -3.15. The second-order valence-corrected chi connectivity index (χ2v) is 8.37. The van der Waals surface area contributed by atoms with E-state index in [9.17, 15) is 8.42 Å². The van der Waals surface area contributed by atoms with E-state index in [0.29, 0.717) is 6.54 Å². The van der Waals surface area contributed by atoms with Crippen LogP contribution in [0.3, 0.4) is 0 Å². The molecular formula is C17H24N4O2S. The van der Waals surface area contributed by atoms with E-state index < -0.39 is 10.0 Å². The summed E-state index contributed by atoms with van der Waals surface area (Å²) in [4.78, 5) is 2.40. The van der Waals surface area contributed by atoms with E-state index in [2.05, 4.69) is 45.9 Å². The Hall–Kier alpha value is -1.70. The predicted octanol–water partition coefficient (Wildman–Crippen LogP) is 1.69. The molecule has 0 amide bonds. The molecule has 2 heterocycles. The van der Waals surface area contributed by atoms with E-state index in [-0.39, 0.29) is 6.04 Å². The van der Waals surface area contributed by atoms with Gasteiger partial charge in [-0.05, 0) is 25.0 Å². The fourth-order valence-electron chi connectivity index (χ4n) is 3.28. The molecule has 1 aliphatic rings. The summed E-state index contributed by atoms with van der Waals surface area (Å²) in [6.07, 6.45) is 3.74. The number of rotatable bonds is 6. The zero-order valence-electron chi connectivity index (χ0n) is 14.1. The molecule has 0 saturated heterocycles. The Balaban J connectivity index is 1.68. The van der Waals surface area contributed by atoms with E-state index in [1.807, 2.05) is 16.9 Å². The van der Waals surface area contributed by atoms with Gasteiger partial charge in [-0.25, -0.2) is 13.1 Å². The molecule has 0 bridgehead atoms. The van der Waals surface area contributed by atoms with Crippen molar-refractivity contribution >= 4 is 10.0 Å². The van der Waals surface area contributed by atoms with Gasteiger partial charge in [0.15, 0.2) is 0 Å². The van der Waals surface area contributed by atoms with Crippen LogP contribution in [0.15, 0.2) is 36.5 Å². The third-order valence-corrected chi connectivity index (χ3v) is 5.01. The van der Waals surface area contributed by atoms with E-state index >= 15 is 0 Å². The first kappa shape index (κ1) is 17.1. The molecule has 1 N–H and O–H groups in total. The lowest BCUT2D eigenvalue weighted by molar-refractivity contribution is 0.162. The van der Waals surface area contributed by atoms with Crippen LogP contribution in [0.4, 0.5) is 0 Å². The zero-order chi connectivity index (χ0) is 17.2. The van der Waals surface area contributed by atoms with Crippen LogP contribution in [-0.4, -0.2) is 42.4 Å². The molecule has 0 aliphatic carbocycles. The molecule has 0 spiro atoms. The van der Waals surface area contributed by atoms with Crippen LogP contribution < -0.4 is 4.72 Å². The van der Waals surface area contributed by atoms with E-state index in [0.717, 1.165) is 26.1 Å². The van der Waals surface area contributed by atoms with Crippen molar-refractivity contribution in [3.8, 4) is 0 Å². The molecule has 7 heteroatoms. The van der Waals surface area contributed by atoms with Crippen molar-refractivity contribution in [3.63, 3.8) is 0 Å². The van der Waals surface area contributed by atoms with Crippen LogP contribution in [0.2, 0.25) is 0 Å². The Morgan fingerprint density at radius 3 is 2.92 bits per heavy atom. The number of hydrogen-bond acceptors (Lipinski definition) is 4. The molecule has 1 aliphatic heterocycles. The van der Waals surface area contributed by atoms with Crippen LogP contribution in [0.25, 0.3) is 0 Å². The van der Waals surface area contributed by atoms with Gasteiger partial charge in [-0.1, -0.05) is 29.8 Å². The number of fused-ring (bicyclic) bond motifs is 1. The van der Waals surface area contributed by atoms with E-state index in [1.165, 1.54) is 23.1 Å². The summed E-state index contributed by atoms with van der Waals surface area (Å²) in [5.74, 6) is 0. The SMILES string of the molecule is Cc1cccc(CN2Cc3ccnn3[C@H](CCNS(C)(=O)=O)C2)c1. The standard InChI is InChI=1S/C17H24N4O2S/c1-14-4-3-5-15(10-14)11-20-12-16-6-8-18-21(16)17(13-20)7-9-19-24(2,22)23/h3-6,8,10,17,19H,7,9,11-13H2,1-2H3/t17-/m1/s1. The molecule has 1 atom stereocenters. The van der Waals surface area contributed by atoms with Gasteiger partial charge in [0.25, 0.3) is 0 Å². The van der Waals surface area contributed by atoms with Crippen molar-refractivity contribution in [2.75, 3.05) is 19.3 Å². The Morgan fingerprint density at radius 2 is 2.17 bits per heavy atom. The van der Waals surface area contributed by atoms with Crippen LogP contribution >= 0.6 is 0 Å². The largest absolute Gasteiger partial charge is 0.291 e. The maximum absolute atomic E-state index is 11.3. The lowest BCUT2D eigenvalue weighted by Gasteiger charge is -2.34. The smallest absolute Gasteiger partial charge is 0.208 e. The number of hydrogen-bond donors (Lipinski definition) is 1. The van der Waals surface area contributed by atoms with Gasteiger partial charge in [0.05, 0.1) is 18.0 Å². The van der Waals surface area contributed by atoms with Crippen LogP contribution in [0, 0.1) is 6.92 Å². The molecule has 0 fully saturated rings. The first-order chi connectivity index (χ1) is 11.4. The Bertz CT molecular complexity index is 800. The van der Waals surface area contributed by atoms with Gasteiger partial charge in [-0.3, -0.25) is 9.58 Å². The lowest BCUT2D eigenvalue weighted by Crippen LogP contribution is -2.38. The first-order valence-electron chi connectivity index (χ1n) is 8.15. The summed E-state index contributed by atoms with van der Waals surface area (Å²) in [6.45, 7) is 5.16. The number of aryl methyl sites for hydroxylation is 1. The summed E-state index contributed by atoms with van der Waals surface area (Å²) in [6, 6.07) is 10.8. The molecule has 6 nitrogen and oxygen atoms in total. The maximum atomic E-state index is 11.3. The average Bonchev–Trinajstić information content (AvgIpc) is 2.94. The fraction of sp³-hybridized carbons (Fsp3) is 0.471. The molecule has 2 aromatic rings. The Labute approximate surface area is 143 Å². The van der Waals surface area contributed by atoms with Gasteiger partial charge in [-0.2, -0.15) is 5.10 Å². The van der Waals surface area contributed by atoms with Crippen molar-refractivity contribution in [3.05, 3.63) is 53.3 Å². The summed E-state index contributed by atoms with van der Waals surface area (Å²) in [5.41, 5.74) is 3.75. The monoisotopic (exact) mass is 348 g/mol. The highest BCUT2D eigenvalue weighted by atomic mass is 32.2. The summed E-state index contributed by atoms with van der Waals surface area (Å²) >= 11 is 0. The fourth-order valence-corrected chi connectivity index (χ4v) is 3.77. The first-order valence-corrected chi connectivity index (χ1v) is 10.0. The van der Waals surface area contributed by atoms with Crippen molar-refractivity contribution < 1.29 is 8.42 Å². The molecule has 1 aromatic heterocycles. The highest BCUT2D eigenvalue weighted by Crippen LogP contribution is 2.24. The van der Waals surface area contributed by atoms with Crippen molar-refractivity contribution in [2.45, 2.75) is 32.5 Å². The Morgan fingerprint density at radius 1 is 1.33 bits per heavy atom. The number of benzene rings is 1. The molecule has 0 radical (unpaired) electrons. The van der Waals surface area contributed by atoms with E-state index in [4.69, 9.17) is 0 Å². The molecule has 0 unspecified atom stereocenters. The molecular weight excluding hydrogens is 324 g/mol. The summed E-state index contributed by atoms with van der Waals surface area (Å²) < 4.78 is 27.1. The predicted molar refractivity (Wildman–Crippen MR) is 94.0 cm³/mol. The van der Waals surface area contributed by atoms with Gasteiger partial charge in [-0.15, -0.1) is 0 Å². The maximum Gasteiger partial charge on any atom is 0.208 e. The van der Waals surface area contributed by atoms with Gasteiger partial charge >= 0.3 is 0 Å². The highest BCUT2D eigenvalue weighted by molar-refractivity contribution is 7.88. The second kappa shape index (κ2) is 7.04. The van der Waals surface area contributed by atoms with Crippen molar-refractivity contribution in [1.29, 1.82) is 0 Å². The lowest BCUT2D eigenvalue weighted by atomic mass is 10.1. The molecule has 24 heavy (non-hydrogen) atoms. The number of nitrogens with one attached hydrogen (secondary N) is 1. The van der Waals surface area contributed by atoms with Crippen LogP contribution in [0.5, 0.6) is 0 Å². The minimum absolute atomic E-state index is 0.183. The molecule has 0 saturated carbocycles. The topological polar surface area (TPSA) is 67.2 Å². The quantitative estimate of drug-likeness (QED) is 0.863. The van der Waals surface area contributed by atoms with Gasteiger partial charge < -0.3 is 0 Å². The minimum Gasteiger partial charge on any atom is -0.291 e. The average molecular weight is 348 g/mol. The van der Waals surface area contributed by atoms with Gasteiger partial charge in [0, 0.05) is 32.4 Å². The van der Waals surface area contributed by atoms with Crippen molar-refractivity contribution in [1.82, 2.24) is 19.4 Å². The molecule has 3 rings (SSSR count). The highest BCUT2D eigenvalue weighted by Gasteiger charge is 2.25. The third-order valence-electron chi connectivity index (χ3n) is 4.28. The molecule has 1 aromatic carbocycles. The van der Waals surface area contributed by atoms with E-state index in [1.54, 1.807) is 0 Å². The third kappa shape index (κ3) is 4.43. The summed E-state index contributed by atoms with van der Waals surface area (Å²) in [7, 11) is -3.15. The van der Waals surface area contributed by atoms with Crippen LogP contribution in [0.1, 0.15) is 29.3 Å². The second-order valence-electron chi connectivity index (χ2n) is 6.53. The number of aromatic nitrogens is 2. The zero-order valence-corrected chi connectivity index (χ0v) is 15.0. The normalized spacial score (nSPS) is 18.5. The number of sulfonamides is 1. The van der Waals surface area contributed by atoms with Gasteiger partial charge in [0.1, 0.15) is 0 Å². The number of nitrogens with zero attached hydrogens (tertiary/aromatic N) is 3. The van der Waals surface area contributed by atoms with Crippen molar-refractivity contribution in [2.24, 2.45) is 0 Å². The molecule has 130 valence electrons. The van der Waals surface area contributed by atoms with Crippen LogP contribution in [-0.2, 0) is 23.1 Å². The van der Waals surface area contributed by atoms with Gasteiger partial charge in [0.2, 0.25) is 10.0 Å². The summed E-state index contributed by atoms with van der Waals surface area (Å²) in [5, 5.41) is 4.42.